The van der Waals surface area contributed by atoms with Crippen molar-refractivity contribution >= 4 is 11.7 Å². The predicted molar refractivity (Wildman–Crippen MR) is 77.1 cm³/mol. The number of hydrogen-bond donors (Lipinski definition) is 2. The Bertz CT molecular complexity index is 636. The third-order valence-corrected chi connectivity index (χ3v) is 3.16. The number of carbonyl (C=O) groups is 2. The molecule has 0 saturated heterocycles. The summed E-state index contributed by atoms with van der Waals surface area (Å²) >= 11 is 0. The van der Waals surface area contributed by atoms with Crippen LogP contribution < -0.4 is 11.3 Å². The third-order valence-electron chi connectivity index (χ3n) is 3.16. The lowest BCUT2D eigenvalue weighted by Crippen LogP contribution is -2.31. The van der Waals surface area contributed by atoms with Crippen LogP contribution in [-0.2, 0) is 11.2 Å². The second kappa shape index (κ2) is 6.12. The molecule has 0 spiro atoms. The van der Waals surface area contributed by atoms with E-state index in [9.17, 15) is 9.59 Å². The molecule has 0 radical (unpaired) electrons. The number of hydrazine groups is 1. The van der Waals surface area contributed by atoms with Crippen molar-refractivity contribution in [2.24, 2.45) is 5.84 Å². The molecule has 0 aliphatic rings. The lowest BCUT2D eigenvalue weighted by Gasteiger charge is -2.08. The normalized spacial score (nSPS) is 10.1. The Morgan fingerprint density at radius 2 is 1.75 bits per heavy atom. The van der Waals surface area contributed by atoms with E-state index in [4.69, 9.17) is 5.84 Å². The van der Waals surface area contributed by atoms with Crippen LogP contribution in [0.25, 0.3) is 0 Å². The maximum atomic E-state index is 12.3. The van der Waals surface area contributed by atoms with E-state index in [1.54, 1.807) is 24.3 Å². The number of aryl methyl sites for hydroxylation is 1. The van der Waals surface area contributed by atoms with Gasteiger partial charge in [0, 0.05) is 11.1 Å². The van der Waals surface area contributed by atoms with Crippen LogP contribution in [0.2, 0.25) is 0 Å². The fourth-order valence-corrected chi connectivity index (χ4v) is 1.98. The van der Waals surface area contributed by atoms with E-state index in [-0.39, 0.29) is 18.1 Å². The number of amides is 1. The molecule has 20 heavy (non-hydrogen) atoms. The van der Waals surface area contributed by atoms with Crippen molar-refractivity contribution in [3.05, 3.63) is 70.8 Å². The molecule has 2 aromatic rings. The first-order chi connectivity index (χ1) is 9.61. The summed E-state index contributed by atoms with van der Waals surface area (Å²) in [6.45, 7) is 1.90. The highest BCUT2D eigenvalue weighted by atomic mass is 16.2. The van der Waals surface area contributed by atoms with E-state index in [1.165, 1.54) is 0 Å². The smallest absolute Gasteiger partial charge is 0.238 e. The molecular formula is C16H16N2O2. The Kier molecular flexibility index (Phi) is 4.27. The summed E-state index contributed by atoms with van der Waals surface area (Å²) in [6.07, 6.45) is 0.165. The minimum Gasteiger partial charge on any atom is -0.294 e. The molecule has 0 bridgehead atoms. The number of carbonyl (C=O) groups excluding carboxylic acids is 2. The Hall–Kier alpha value is -2.46. The van der Waals surface area contributed by atoms with Crippen molar-refractivity contribution in [2.75, 3.05) is 0 Å². The van der Waals surface area contributed by atoms with Crippen LogP contribution in [0.5, 0.6) is 0 Å². The molecule has 0 saturated carbocycles. The van der Waals surface area contributed by atoms with E-state index in [2.05, 4.69) is 5.43 Å². The van der Waals surface area contributed by atoms with Gasteiger partial charge in [-0.1, -0.05) is 42.5 Å². The first kappa shape index (κ1) is 14.0. The standard InChI is InChI=1S/C16H16N2O2/c1-11-7-8-13(9-14(11)10-15(19)18-17)16(20)12-5-3-2-4-6-12/h2-9H,10,17H2,1H3,(H,18,19). The molecule has 4 heteroatoms. The van der Waals surface area contributed by atoms with Gasteiger partial charge >= 0.3 is 0 Å². The van der Waals surface area contributed by atoms with Crippen molar-refractivity contribution in [1.82, 2.24) is 5.43 Å². The van der Waals surface area contributed by atoms with Gasteiger partial charge in [0.15, 0.2) is 5.78 Å². The van der Waals surface area contributed by atoms with Crippen LogP contribution in [0.4, 0.5) is 0 Å². The molecule has 0 unspecified atom stereocenters. The van der Waals surface area contributed by atoms with Crippen molar-refractivity contribution in [2.45, 2.75) is 13.3 Å². The third kappa shape index (κ3) is 3.10. The summed E-state index contributed by atoms with van der Waals surface area (Å²) in [7, 11) is 0. The van der Waals surface area contributed by atoms with Crippen molar-refractivity contribution in [3.8, 4) is 0 Å². The van der Waals surface area contributed by atoms with E-state index in [0.717, 1.165) is 11.1 Å². The second-order valence-electron chi connectivity index (χ2n) is 4.58. The number of nitrogens with one attached hydrogen (secondary N) is 1. The van der Waals surface area contributed by atoms with Gasteiger partial charge in [0.1, 0.15) is 0 Å². The molecule has 0 aliphatic heterocycles. The van der Waals surface area contributed by atoms with Crippen LogP contribution in [0, 0.1) is 6.92 Å². The zero-order valence-electron chi connectivity index (χ0n) is 11.2. The molecule has 0 aromatic heterocycles. The molecule has 4 nitrogen and oxygen atoms in total. The molecule has 2 rings (SSSR count). The first-order valence-corrected chi connectivity index (χ1v) is 6.30. The summed E-state index contributed by atoms with van der Waals surface area (Å²) in [5, 5.41) is 0. The number of hydrogen-bond acceptors (Lipinski definition) is 3. The highest BCUT2D eigenvalue weighted by Gasteiger charge is 2.11. The summed E-state index contributed by atoms with van der Waals surface area (Å²) < 4.78 is 0. The summed E-state index contributed by atoms with van der Waals surface area (Å²) in [5.74, 6) is 4.76. The van der Waals surface area contributed by atoms with Crippen LogP contribution in [0.15, 0.2) is 48.5 Å². The number of benzene rings is 2. The van der Waals surface area contributed by atoms with E-state index in [0.29, 0.717) is 11.1 Å². The van der Waals surface area contributed by atoms with Gasteiger partial charge in [0.05, 0.1) is 6.42 Å². The quantitative estimate of drug-likeness (QED) is 0.384. The van der Waals surface area contributed by atoms with E-state index in [1.807, 2.05) is 31.2 Å². The van der Waals surface area contributed by atoms with Gasteiger partial charge in [-0.25, -0.2) is 5.84 Å². The van der Waals surface area contributed by atoms with Crippen molar-refractivity contribution in [3.63, 3.8) is 0 Å². The van der Waals surface area contributed by atoms with Crippen LogP contribution in [-0.4, -0.2) is 11.7 Å². The summed E-state index contributed by atoms with van der Waals surface area (Å²) in [5.41, 5.74) is 5.06. The average Bonchev–Trinajstić information content (AvgIpc) is 2.49. The Morgan fingerprint density at radius 3 is 2.40 bits per heavy atom. The molecule has 0 aliphatic carbocycles. The van der Waals surface area contributed by atoms with Crippen LogP contribution in [0.1, 0.15) is 27.0 Å². The minimum atomic E-state index is -0.280. The van der Waals surface area contributed by atoms with Gasteiger partial charge in [0.25, 0.3) is 0 Å². The molecular weight excluding hydrogens is 252 g/mol. The highest BCUT2D eigenvalue weighted by molar-refractivity contribution is 6.09. The SMILES string of the molecule is Cc1ccc(C(=O)c2ccccc2)cc1CC(=O)NN. The van der Waals surface area contributed by atoms with Gasteiger partial charge in [-0.2, -0.15) is 0 Å². The second-order valence-corrected chi connectivity index (χ2v) is 4.58. The fraction of sp³-hybridized carbons (Fsp3) is 0.125. The van der Waals surface area contributed by atoms with Gasteiger partial charge in [0.2, 0.25) is 5.91 Å². The van der Waals surface area contributed by atoms with E-state index < -0.39 is 0 Å². The molecule has 102 valence electrons. The fourth-order valence-electron chi connectivity index (χ4n) is 1.98. The van der Waals surface area contributed by atoms with Crippen LogP contribution >= 0.6 is 0 Å². The highest BCUT2D eigenvalue weighted by Crippen LogP contribution is 2.15. The average molecular weight is 268 g/mol. The molecule has 1 amide bonds. The Balaban J connectivity index is 2.32. The van der Waals surface area contributed by atoms with Gasteiger partial charge in [-0.3, -0.25) is 15.0 Å². The monoisotopic (exact) mass is 268 g/mol. The van der Waals surface area contributed by atoms with Gasteiger partial charge in [-0.05, 0) is 24.1 Å². The zero-order chi connectivity index (χ0) is 14.5. The number of rotatable bonds is 4. The largest absolute Gasteiger partial charge is 0.294 e. The van der Waals surface area contributed by atoms with Crippen molar-refractivity contribution < 1.29 is 9.59 Å². The molecule has 3 N–H and O–H groups in total. The van der Waals surface area contributed by atoms with Gasteiger partial charge < -0.3 is 0 Å². The maximum Gasteiger partial charge on any atom is 0.238 e. The summed E-state index contributed by atoms with van der Waals surface area (Å²) in [4.78, 5) is 23.7. The Labute approximate surface area is 117 Å². The van der Waals surface area contributed by atoms with Crippen molar-refractivity contribution in [1.29, 1.82) is 0 Å². The first-order valence-electron chi connectivity index (χ1n) is 6.30. The zero-order valence-corrected chi connectivity index (χ0v) is 11.2. The van der Waals surface area contributed by atoms with Crippen LogP contribution in [0.3, 0.4) is 0 Å². The van der Waals surface area contributed by atoms with E-state index >= 15 is 0 Å². The van der Waals surface area contributed by atoms with Gasteiger partial charge in [-0.15, -0.1) is 0 Å². The Morgan fingerprint density at radius 1 is 1.05 bits per heavy atom. The minimum absolute atomic E-state index is 0.0555. The maximum absolute atomic E-state index is 12.3. The molecule has 0 fully saturated rings. The molecule has 0 atom stereocenters. The topological polar surface area (TPSA) is 72.2 Å². The number of nitrogens with two attached hydrogens (primary N) is 1. The number of ketones is 1. The summed E-state index contributed by atoms with van der Waals surface area (Å²) in [6, 6.07) is 14.4. The predicted octanol–water partition coefficient (Wildman–Crippen LogP) is 1.76. The lowest BCUT2D eigenvalue weighted by atomic mass is 9.97. The molecule has 0 heterocycles. The molecule has 2 aromatic carbocycles. The lowest BCUT2D eigenvalue weighted by molar-refractivity contribution is -0.120.